The molecule has 0 spiro atoms. The van der Waals surface area contributed by atoms with Crippen molar-refractivity contribution in [2.45, 2.75) is 6.92 Å². The number of aryl methyl sites for hydroxylation is 2. The zero-order valence-electron chi connectivity index (χ0n) is 17.7. The fourth-order valence-corrected chi connectivity index (χ4v) is 2.80. The summed E-state index contributed by atoms with van der Waals surface area (Å²) in [4.78, 5) is 29.6. The second-order valence-electron chi connectivity index (χ2n) is 6.46. The van der Waals surface area contributed by atoms with Crippen molar-refractivity contribution in [3.63, 3.8) is 0 Å². The Morgan fingerprint density at radius 1 is 1.06 bits per heavy atom. The second-order valence-corrected chi connectivity index (χ2v) is 6.46. The summed E-state index contributed by atoms with van der Waals surface area (Å²) in [6.07, 6.45) is 4.10. The summed E-state index contributed by atoms with van der Waals surface area (Å²) in [6.45, 7) is 1.44. The molecule has 0 saturated heterocycles. The van der Waals surface area contributed by atoms with Crippen molar-refractivity contribution in [2.24, 2.45) is 14.1 Å². The third-order valence-corrected chi connectivity index (χ3v) is 4.32. The van der Waals surface area contributed by atoms with E-state index in [0.29, 0.717) is 17.5 Å². The molecule has 0 amide bonds. The lowest BCUT2D eigenvalue weighted by Gasteiger charge is -2.08. The molecule has 0 saturated carbocycles. The van der Waals surface area contributed by atoms with Gasteiger partial charge in [0.15, 0.2) is 5.75 Å². The molecule has 3 aromatic heterocycles. The zero-order chi connectivity index (χ0) is 22.4. The first-order valence-corrected chi connectivity index (χ1v) is 9.48. The summed E-state index contributed by atoms with van der Waals surface area (Å²) >= 11 is 0. The smallest absolute Gasteiger partial charge is 0.302 e. The zero-order valence-corrected chi connectivity index (χ0v) is 17.7. The van der Waals surface area contributed by atoms with Gasteiger partial charge in [-0.3, -0.25) is 9.36 Å². The number of rotatable bonds is 5. The molecule has 1 N–H and O–H groups in total. The minimum atomic E-state index is -0.225. The van der Waals surface area contributed by atoms with Gasteiger partial charge >= 0.3 is 6.01 Å². The molecular formula is C22H23N5O4. The third-order valence-electron chi connectivity index (χ3n) is 4.32. The van der Waals surface area contributed by atoms with Crippen LogP contribution in [0.2, 0.25) is 0 Å². The predicted octanol–water partition coefficient (Wildman–Crippen LogP) is 3.50. The molecule has 31 heavy (non-hydrogen) atoms. The van der Waals surface area contributed by atoms with Gasteiger partial charge in [-0.25, -0.2) is 4.98 Å². The maximum atomic E-state index is 12.2. The number of carbonyl (C=O) groups is 1. The molecule has 0 radical (unpaired) electrons. The molecular weight excluding hydrogens is 398 g/mol. The second kappa shape index (κ2) is 9.57. The Morgan fingerprint density at radius 2 is 1.81 bits per heavy atom. The number of hydrogen-bond donors (Lipinski definition) is 1. The van der Waals surface area contributed by atoms with Crippen LogP contribution < -0.4 is 20.3 Å². The molecule has 1 aromatic carbocycles. The number of aldehydes is 1. The number of anilines is 1. The largest absolute Gasteiger partial charge is 0.457 e. The van der Waals surface area contributed by atoms with Crippen molar-refractivity contribution in [3.8, 4) is 23.3 Å². The number of fused-ring (bicyclic) bond motifs is 1. The molecule has 0 fully saturated rings. The van der Waals surface area contributed by atoms with Crippen LogP contribution in [0.1, 0.15) is 6.92 Å². The number of aromatic nitrogens is 4. The van der Waals surface area contributed by atoms with Gasteiger partial charge < -0.3 is 24.2 Å². The highest BCUT2D eigenvalue weighted by Crippen LogP contribution is 2.29. The minimum absolute atomic E-state index is 0.219. The summed E-state index contributed by atoms with van der Waals surface area (Å²) < 4.78 is 14.9. The van der Waals surface area contributed by atoms with Crippen LogP contribution in [0, 0.1) is 0 Å². The number of ether oxygens (including phenoxy) is 2. The summed E-state index contributed by atoms with van der Waals surface area (Å²) in [5, 5.41) is 2.98. The van der Waals surface area contributed by atoms with Gasteiger partial charge in [0.2, 0.25) is 0 Å². The molecule has 4 rings (SSSR count). The number of nitrogens with zero attached hydrogens (tertiary/aromatic N) is 4. The molecule has 0 aliphatic rings. The quantitative estimate of drug-likeness (QED) is 0.492. The summed E-state index contributed by atoms with van der Waals surface area (Å²) in [5.41, 5.74) is 1.34. The minimum Gasteiger partial charge on any atom is -0.457 e. The van der Waals surface area contributed by atoms with E-state index in [9.17, 15) is 4.79 Å². The van der Waals surface area contributed by atoms with E-state index >= 15 is 0 Å². The van der Waals surface area contributed by atoms with Crippen molar-refractivity contribution in [2.75, 3.05) is 12.4 Å². The van der Waals surface area contributed by atoms with Crippen LogP contribution >= 0.6 is 0 Å². The van der Waals surface area contributed by atoms with E-state index in [0.717, 1.165) is 23.1 Å². The molecule has 0 bridgehead atoms. The molecule has 9 heteroatoms. The normalized spacial score (nSPS) is 10.2. The van der Waals surface area contributed by atoms with Gasteiger partial charge in [0.05, 0.1) is 11.0 Å². The number of imidazole rings is 1. The van der Waals surface area contributed by atoms with Gasteiger partial charge in [-0.15, -0.1) is 0 Å². The van der Waals surface area contributed by atoms with Crippen LogP contribution in [0.3, 0.4) is 0 Å². The third kappa shape index (κ3) is 4.89. The maximum Gasteiger partial charge on any atom is 0.302 e. The Balaban J connectivity index is 0.000000858. The average molecular weight is 421 g/mol. The Morgan fingerprint density at radius 3 is 2.55 bits per heavy atom. The lowest BCUT2D eigenvalue weighted by atomic mass is 10.3. The molecule has 4 aromatic rings. The van der Waals surface area contributed by atoms with Crippen molar-refractivity contribution < 1.29 is 14.3 Å². The maximum absolute atomic E-state index is 12.2. The van der Waals surface area contributed by atoms with E-state index in [-0.39, 0.29) is 11.3 Å². The van der Waals surface area contributed by atoms with Crippen LogP contribution in [0.5, 0.6) is 23.3 Å². The van der Waals surface area contributed by atoms with Gasteiger partial charge in [0.1, 0.15) is 23.6 Å². The predicted molar refractivity (Wildman–Crippen MR) is 118 cm³/mol. The first kappa shape index (κ1) is 21.6. The van der Waals surface area contributed by atoms with Crippen LogP contribution in [0.25, 0.3) is 11.0 Å². The van der Waals surface area contributed by atoms with E-state index in [4.69, 9.17) is 14.3 Å². The van der Waals surface area contributed by atoms with Crippen molar-refractivity contribution in [3.05, 3.63) is 65.2 Å². The Bertz CT molecular complexity index is 1260. The van der Waals surface area contributed by atoms with Crippen molar-refractivity contribution in [1.29, 1.82) is 0 Å². The lowest BCUT2D eigenvalue weighted by molar-refractivity contribution is -0.106. The Kier molecular flexibility index (Phi) is 6.66. The van der Waals surface area contributed by atoms with E-state index in [2.05, 4.69) is 15.3 Å². The van der Waals surface area contributed by atoms with Gasteiger partial charge in [-0.1, -0.05) is 0 Å². The fourth-order valence-electron chi connectivity index (χ4n) is 2.80. The molecule has 9 nitrogen and oxygen atoms in total. The summed E-state index contributed by atoms with van der Waals surface area (Å²) in [6, 6.07) is 12.9. The molecule has 3 heterocycles. The summed E-state index contributed by atoms with van der Waals surface area (Å²) in [7, 11) is 5.30. The molecule has 160 valence electrons. The highest BCUT2D eigenvalue weighted by molar-refractivity contribution is 5.78. The van der Waals surface area contributed by atoms with Crippen LogP contribution in [0.15, 0.2) is 59.7 Å². The molecule has 0 atom stereocenters. The highest BCUT2D eigenvalue weighted by atomic mass is 16.5. The fraction of sp³-hybridized carbons (Fsp3) is 0.182. The van der Waals surface area contributed by atoms with Crippen molar-refractivity contribution in [1.82, 2.24) is 19.1 Å². The van der Waals surface area contributed by atoms with Gasteiger partial charge in [-0.2, -0.15) is 4.98 Å². The Labute approximate surface area is 178 Å². The van der Waals surface area contributed by atoms with E-state index in [1.807, 2.05) is 31.3 Å². The molecule has 0 aliphatic heterocycles. The van der Waals surface area contributed by atoms with Gasteiger partial charge in [-0.05, 0) is 37.3 Å². The highest BCUT2D eigenvalue weighted by Gasteiger charge is 2.13. The molecule has 0 aliphatic carbocycles. The van der Waals surface area contributed by atoms with Gasteiger partial charge in [0, 0.05) is 45.7 Å². The first-order valence-electron chi connectivity index (χ1n) is 9.48. The number of nitrogens with one attached hydrogen (secondary N) is 1. The number of benzene rings is 1. The topological polar surface area (TPSA) is 100 Å². The SMILES string of the molecule is CC=O.CNc1cc(Oc2ccc3nc(Oc4cccn(C)c4=O)n(C)c3c2)ccn1. The van der Waals surface area contributed by atoms with Crippen LogP contribution in [0.4, 0.5) is 5.82 Å². The van der Waals surface area contributed by atoms with Gasteiger partial charge in [0.25, 0.3) is 5.56 Å². The Hall–Kier alpha value is -4.14. The molecule has 0 unspecified atom stereocenters. The van der Waals surface area contributed by atoms with E-state index in [1.54, 1.807) is 49.3 Å². The van der Waals surface area contributed by atoms with Crippen LogP contribution in [-0.4, -0.2) is 32.4 Å². The lowest BCUT2D eigenvalue weighted by Crippen LogP contribution is -2.17. The monoisotopic (exact) mass is 421 g/mol. The number of pyridine rings is 2. The summed E-state index contributed by atoms with van der Waals surface area (Å²) in [5.74, 6) is 2.27. The first-order chi connectivity index (χ1) is 15.0. The van der Waals surface area contributed by atoms with E-state index < -0.39 is 0 Å². The average Bonchev–Trinajstić information content (AvgIpc) is 3.07. The number of carbonyl (C=O) groups excluding carboxylic acids is 1. The standard InChI is InChI=1S/C20H19N5O3.C2H4O/c1-21-18-12-14(8-9-22-18)27-13-6-7-15-16(11-13)25(3)20(23-15)28-17-5-4-10-24(2)19(17)26;1-2-3/h4-12H,1-3H3,(H,21,22);2H,1H3. The van der Waals surface area contributed by atoms with Crippen molar-refractivity contribution >= 4 is 23.1 Å². The van der Waals surface area contributed by atoms with E-state index in [1.165, 1.54) is 11.5 Å². The number of hydrogen-bond acceptors (Lipinski definition) is 7. The van der Waals surface area contributed by atoms with Crippen LogP contribution in [-0.2, 0) is 18.9 Å².